The normalized spacial score (nSPS) is 11.9. The van der Waals surface area contributed by atoms with E-state index in [9.17, 15) is 9.59 Å². The van der Waals surface area contributed by atoms with Gasteiger partial charge in [-0.25, -0.2) is 4.68 Å². The summed E-state index contributed by atoms with van der Waals surface area (Å²) in [4.78, 5) is 25.5. The zero-order chi connectivity index (χ0) is 20.3. The van der Waals surface area contributed by atoms with Gasteiger partial charge in [0.2, 0.25) is 5.91 Å². The molecule has 0 radical (unpaired) electrons. The van der Waals surface area contributed by atoms with Crippen LogP contribution in [0, 0.1) is 20.8 Å². The highest BCUT2D eigenvalue weighted by Gasteiger charge is 2.22. The molecule has 144 valence electrons. The highest BCUT2D eigenvalue weighted by atomic mass is 16.2. The van der Waals surface area contributed by atoms with E-state index in [0.717, 1.165) is 27.9 Å². The standard InChI is InChI=1S/C23H25N3O2/c1-5-20(23(28)24-22-16(3)13-15(2)14-17(22)4)26-21(27)12-11-19(25-26)18-9-7-6-8-10-18/h6-14,20H,5H2,1-4H3,(H,24,28)/t20-/m0/s1. The van der Waals surface area contributed by atoms with Crippen LogP contribution in [0.3, 0.4) is 0 Å². The summed E-state index contributed by atoms with van der Waals surface area (Å²) in [5.74, 6) is -0.239. The number of aromatic nitrogens is 2. The number of rotatable bonds is 5. The first kappa shape index (κ1) is 19.5. The summed E-state index contributed by atoms with van der Waals surface area (Å²) >= 11 is 0. The molecular weight excluding hydrogens is 350 g/mol. The van der Waals surface area contributed by atoms with E-state index in [1.165, 1.54) is 10.7 Å². The fourth-order valence-electron chi connectivity index (χ4n) is 3.46. The molecular formula is C23H25N3O2. The molecule has 0 saturated heterocycles. The molecule has 1 heterocycles. The van der Waals surface area contributed by atoms with E-state index in [1.807, 2.05) is 70.2 Å². The average molecular weight is 375 g/mol. The zero-order valence-electron chi connectivity index (χ0n) is 16.7. The average Bonchev–Trinajstić information content (AvgIpc) is 2.67. The molecule has 3 rings (SSSR count). The first-order valence-corrected chi connectivity index (χ1v) is 9.44. The first-order chi connectivity index (χ1) is 13.4. The molecule has 1 aromatic heterocycles. The van der Waals surface area contributed by atoms with Crippen molar-refractivity contribution in [2.45, 2.75) is 40.2 Å². The van der Waals surface area contributed by atoms with Crippen LogP contribution < -0.4 is 10.9 Å². The van der Waals surface area contributed by atoms with Gasteiger partial charge in [0.1, 0.15) is 6.04 Å². The van der Waals surface area contributed by atoms with Gasteiger partial charge in [-0.2, -0.15) is 5.10 Å². The summed E-state index contributed by atoms with van der Waals surface area (Å²) < 4.78 is 1.29. The van der Waals surface area contributed by atoms with Gasteiger partial charge >= 0.3 is 0 Å². The Bertz CT molecular complexity index is 1030. The smallest absolute Gasteiger partial charge is 0.267 e. The number of nitrogens with one attached hydrogen (secondary N) is 1. The van der Waals surface area contributed by atoms with Crippen molar-refractivity contribution in [2.24, 2.45) is 0 Å². The van der Waals surface area contributed by atoms with Crippen LogP contribution in [0.5, 0.6) is 0 Å². The summed E-state index contributed by atoms with van der Waals surface area (Å²) in [7, 11) is 0. The van der Waals surface area contributed by atoms with Gasteiger partial charge in [-0.1, -0.05) is 55.0 Å². The molecule has 1 atom stereocenters. The zero-order valence-corrected chi connectivity index (χ0v) is 16.7. The Morgan fingerprint density at radius 3 is 2.29 bits per heavy atom. The van der Waals surface area contributed by atoms with Gasteiger partial charge in [-0.3, -0.25) is 9.59 Å². The molecule has 0 saturated carbocycles. The molecule has 0 aliphatic rings. The fraction of sp³-hybridized carbons (Fsp3) is 0.261. The van der Waals surface area contributed by atoms with E-state index in [4.69, 9.17) is 0 Å². The number of amides is 1. The lowest BCUT2D eigenvalue weighted by Crippen LogP contribution is -2.34. The Hall–Kier alpha value is -3.21. The van der Waals surface area contributed by atoms with Gasteiger partial charge in [0.25, 0.3) is 5.56 Å². The van der Waals surface area contributed by atoms with E-state index in [-0.39, 0.29) is 11.5 Å². The van der Waals surface area contributed by atoms with Crippen LogP contribution >= 0.6 is 0 Å². The highest BCUT2D eigenvalue weighted by Crippen LogP contribution is 2.24. The van der Waals surface area contributed by atoms with E-state index in [0.29, 0.717) is 12.1 Å². The minimum atomic E-state index is -0.684. The van der Waals surface area contributed by atoms with Crippen LogP contribution in [0.1, 0.15) is 36.1 Å². The molecule has 0 aliphatic carbocycles. The lowest BCUT2D eigenvalue weighted by Gasteiger charge is -2.19. The molecule has 5 heteroatoms. The van der Waals surface area contributed by atoms with Crippen molar-refractivity contribution < 1.29 is 4.79 Å². The van der Waals surface area contributed by atoms with Crippen molar-refractivity contribution in [3.63, 3.8) is 0 Å². The van der Waals surface area contributed by atoms with Gasteiger partial charge in [0.15, 0.2) is 0 Å². The van der Waals surface area contributed by atoms with Crippen molar-refractivity contribution in [3.05, 3.63) is 81.6 Å². The lowest BCUT2D eigenvalue weighted by atomic mass is 10.0. The predicted molar refractivity (Wildman–Crippen MR) is 113 cm³/mol. The van der Waals surface area contributed by atoms with Gasteiger partial charge in [0.05, 0.1) is 5.69 Å². The Morgan fingerprint density at radius 2 is 1.68 bits per heavy atom. The Balaban J connectivity index is 1.95. The molecule has 28 heavy (non-hydrogen) atoms. The van der Waals surface area contributed by atoms with Gasteiger partial charge in [-0.05, 0) is 44.4 Å². The van der Waals surface area contributed by atoms with Crippen molar-refractivity contribution in [1.29, 1.82) is 0 Å². The molecule has 0 aliphatic heterocycles. The van der Waals surface area contributed by atoms with Crippen LogP contribution in [0.2, 0.25) is 0 Å². The maximum Gasteiger partial charge on any atom is 0.267 e. The number of nitrogens with zero attached hydrogens (tertiary/aromatic N) is 2. The second-order valence-electron chi connectivity index (χ2n) is 7.05. The van der Waals surface area contributed by atoms with Gasteiger partial charge in [0, 0.05) is 17.3 Å². The lowest BCUT2D eigenvalue weighted by molar-refractivity contribution is -0.119. The third-order valence-electron chi connectivity index (χ3n) is 4.80. The third-order valence-corrected chi connectivity index (χ3v) is 4.80. The summed E-state index contributed by atoms with van der Waals surface area (Å²) in [6, 6.07) is 16.1. The van der Waals surface area contributed by atoms with E-state index >= 15 is 0 Å². The summed E-state index contributed by atoms with van der Waals surface area (Å²) in [6.45, 7) is 7.84. The highest BCUT2D eigenvalue weighted by molar-refractivity contribution is 5.95. The maximum atomic E-state index is 13.0. The van der Waals surface area contributed by atoms with Crippen molar-refractivity contribution in [3.8, 4) is 11.3 Å². The molecule has 1 amide bonds. The third kappa shape index (κ3) is 4.03. The monoisotopic (exact) mass is 375 g/mol. The molecule has 5 nitrogen and oxygen atoms in total. The van der Waals surface area contributed by atoms with Gasteiger partial charge < -0.3 is 5.32 Å². The van der Waals surface area contributed by atoms with Crippen LogP contribution in [0.15, 0.2) is 59.4 Å². The molecule has 0 spiro atoms. The summed E-state index contributed by atoms with van der Waals surface area (Å²) in [5.41, 5.74) is 5.21. The largest absolute Gasteiger partial charge is 0.324 e. The molecule has 0 bridgehead atoms. The number of aryl methyl sites for hydroxylation is 3. The van der Waals surface area contributed by atoms with Crippen LogP contribution in [0.4, 0.5) is 5.69 Å². The molecule has 1 N–H and O–H groups in total. The Morgan fingerprint density at radius 1 is 1.04 bits per heavy atom. The van der Waals surface area contributed by atoms with E-state index in [2.05, 4.69) is 10.4 Å². The molecule has 2 aromatic carbocycles. The quantitative estimate of drug-likeness (QED) is 0.718. The summed E-state index contributed by atoms with van der Waals surface area (Å²) in [6.07, 6.45) is 0.459. The topological polar surface area (TPSA) is 64.0 Å². The minimum Gasteiger partial charge on any atom is -0.324 e. The van der Waals surface area contributed by atoms with E-state index in [1.54, 1.807) is 6.07 Å². The Labute approximate surface area is 165 Å². The van der Waals surface area contributed by atoms with E-state index < -0.39 is 6.04 Å². The number of hydrogen-bond acceptors (Lipinski definition) is 3. The van der Waals surface area contributed by atoms with Crippen LogP contribution in [0.25, 0.3) is 11.3 Å². The number of hydrogen-bond donors (Lipinski definition) is 1. The number of carbonyl (C=O) groups is 1. The SMILES string of the molecule is CC[C@@H](C(=O)Nc1c(C)cc(C)cc1C)n1nc(-c2ccccc2)ccc1=O. The number of carbonyl (C=O) groups excluding carboxylic acids is 1. The maximum absolute atomic E-state index is 13.0. The van der Waals surface area contributed by atoms with Crippen molar-refractivity contribution in [2.75, 3.05) is 5.32 Å². The second kappa shape index (κ2) is 8.21. The van der Waals surface area contributed by atoms with Crippen LogP contribution in [-0.4, -0.2) is 15.7 Å². The molecule has 3 aromatic rings. The summed E-state index contributed by atoms with van der Waals surface area (Å²) in [5, 5.41) is 7.48. The van der Waals surface area contributed by atoms with Gasteiger partial charge in [-0.15, -0.1) is 0 Å². The second-order valence-corrected chi connectivity index (χ2v) is 7.05. The van der Waals surface area contributed by atoms with Crippen molar-refractivity contribution in [1.82, 2.24) is 9.78 Å². The molecule has 0 fully saturated rings. The van der Waals surface area contributed by atoms with Crippen LogP contribution in [-0.2, 0) is 4.79 Å². The minimum absolute atomic E-state index is 0.239. The fourth-order valence-corrected chi connectivity index (χ4v) is 3.46. The number of anilines is 1. The first-order valence-electron chi connectivity index (χ1n) is 9.44. The number of benzene rings is 2. The van der Waals surface area contributed by atoms with Crippen molar-refractivity contribution >= 4 is 11.6 Å². The molecule has 0 unspecified atom stereocenters. The predicted octanol–water partition coefficient (Wildman–Crippen LogP) is 4.43. The Kier molecular flexibility index (Phi) is 5.73.